The van der Waals surface area contributed by atoms with E-state index in [9.17, 15) is 19.7 Å². The lowest BCUT2D eigenvalue weighted by molar-refractivity contribution is -0.384. The number of hydrogen-bond donors (Lipinski definition) is 1. The van der Waals surface area contributed by atoms with Gasteiger partial charge in [0.2, 0.25) is 0 Å². The Morgan fingerprint density at radius 1 is 1.08 bits per heavy atom. The Hall–Kier alpha value is -3.45. The molecule has 0 bridgehead atoms. The van der Waals surface area contributed by atoms with E-state index in [4.69, 9.17) is 16.3 Å². The number of Topliss-reactive ketones (excluding diaryl/α,β-unsaturated/α-hetero) is 1. The van der Waals surface area contributed by atoms with E-state index < -0.39 is 16.8 Å². The smallest absolute Gasteiger partial charge is 0.337 e. The second-order valence-corrected chi connectivity index (χ2v) is 10.2. The summed E-state index contributed by atoms with van der Waals surface area (Å²) in [6, 6.07) is 13.7. The maximum atomic E-state index is 13.7. The largest absolute Gasteiger partial charge is 0.459 e. The molecule has 5 rings (SSSR count). The predicted molar refractivity (Wildman–Crippen MR) is 135 cm³/mol. The molecule has 2 atom stereocenters. The van der Waals surface area contributed by atoms with Crippen LogP contribution in [0.2, 0.25) is 5.02 Å². The number of esters is 1. The Labute approximate surface area is 214 Å². The van der Waals surface area contributed by atoms with Crippen LogP contribution in [0.1, 0.15) is 68.4 Å². The summed E-state index contributed by atoms with van der Waals surface area (Å²) in [4.78, 5) is 38.2. The van der Waals surface area contributed by atoms with Crippen molar-refractivity contribution in [3.63, 3.8) is 0 Å². The molecule has 1 aliphatic heterocycles. The number of halogens is 1. The van der Waals surface area contributed by atoms with Crippen LogP contribution in [-0.4, -0.2) is 22.8 Å². The molecule has 7 nitrogen and oxygen atoms in total. The van der Waals surface area contributed by atoms with Crippen LogP contribution in [0.25, 0.3) is 0 Å². The Balaban J connectivity index is 1.56. The first-order valence-corrected chi connectivity index (χ1v) is 12.6. The third-order valence-corrected chi connectivity index (χ3v) is 7.63. The first kappa shape index (κ1) is 24.3. The van der Waals surface area contributed by atoms with Gasteiger partial charge in [-0.2, -0.15) is 0 Å². The first-order valence-electron chi connectivity index (χ1n) is 12.3. The molecule has 0 radical (unpaired) electrons. The van der Waals surface area contributed by atoms with E-state index in [1.54, 1.807) is 19.1 Å². The van der Waals surface area contributed by atoms with Gasteiger partial charge in [0, 0.05) is 46.5 Å². The minimum Gasteiger partial charge on any atom is -0.459 e. The lowest BCUT2D eigenvalue weighted by atomic mass is 9.71. The number of ketones is 1. The van der Waals surface area contributed by atoms with Crippen molar-refractivity contribution >= 4 is 29.0 Å². The SMILES string of the molecule is CC1=C(C(=O)OC2CCCC2)[C@@H](c2cccc([N+](=O)[O-])c2)C2=C(C[C@H](c3ccc(Cl)cc3)CC2=O)N1. The van der Waals surface area contributed by atoms with Crippen LogP contribution >= 0.6 is 11.6 Å². The van der Waals surface area contributed by atoms with Gasteiger partial charge >= 0.3 is 5.97 Å². The number of carbonyl (C=O) groups excluding carboxylic acids is 2. The van der Waals surface area contributed by atoms with Crippen LogP contribution in [0.15, 0.2) is 71.1 Å². The topological polar surface area (TPSA) is 98.5 Å². The van der Waals surface area contributed by atoms with Gasteiger partial charge in [0.05, 0.1) is 10.5 Å². The van der Waals surface area contributed by atoms with Gasteiger partial charge in [0.25, 0.3) is 5.69 Å². The zero-order valence-electron chi connectivity index (χ0n) is 20.0. The quantitative estimate of drug-likeness (QED) is 0.299. The summed E-state index contributed by atoms with van der Waals surface area (Å²) in [6.45, 7) is 1.80. The fraction of sp³-hybridized carbons (Fsp3) is 0.357. The molecule has 2 aromatic carbocycles. The highest BCUT2D eigenvalue weighted by Gasteiger charge is 2.42. The van der Waals surface area contributed by atoms with Crippen LogP contribution in [0, 0.1) is 10.1 Å². The predicted octanol–water partition coefficient (Wildman–Crippen LogP) is 6.10. The molecule has 0 amide bonds. The van der Waals surface area contributed by atoms with E-state index in [0.29, 0.717) is 33.9 Å². The molecule has 0 spiro atoms. The molecule has 2 aromatic rings. The first-order chi connectivity index (χ1) is 17.3. The molecule has 0 saturated heterocycles. The van der Waals surface area contributed by atoms with Gasteiger partial charge in [-0.1, -0.05) is 35.9 Å². The summed E-state index contributed by atoms with van der Waals surface area (Å²) in [6.07, 6.45) is 4.39. The van der Waals surface area contributed by atoms with Gasteiger partial charge < -0.3 is 10.1 Å². The molecule has 0 aromatic heterocycles. The Kier molecular flexibility index (Phi) is 6.67. The number of nitrogens with one attached hydrogen (secondary N) is 1. The fourth-order valence-electron chi connectivity index (χ4n) is 5.65. The average molecular weight is 507 g/mol. The van der Waals surface area contributed by atoms with E-state index in [1.807, 2.05) is 24.3 Å². The van der Waals surface area contributed by atoms with Crippen molar-refractivity contribution in [1.82, 2.24) is 5.32 Å². The molecular formula is C28H27ClN2O5. The van der Waals surface area contributed by atoms with Crippen molar-refractivity contribution in [2.24, 2.45) is 0 Å². The zero-order valence-corrected chi connectivity index (χ0v) is 20.7. The summed E-state index contributed by atoms with van der Waals surface area (Å²) in [5.41, 5.74) is 3.66. The fourth-order valence-corrected chi connectivity index (χ4v) is 5.78. The second kappa shape index (κ2) is 9.90. The van der Waals surface area contributed by atoms with Crippen molar-refractivity contribution in [1.29, 1.82) is 0 Å². The van der Waals surface area contributed by atoms with Crippen molar-refractivity contribution in [3.05, 3.63) is 97.3 Å². The van der Waals surface area contributed by atoms with Gasteiger partial charge in [0.15, 0.2) is 5.78 Å². The molecule has 8 heteroatoms. The highest BCUT2D eigenvalue weighted by Crippen LogP contribution is 2.46. The van der Waals surface area contributed by atoms with Crippen molar-refractivity contribution in [2.45, 2.75) is 63.4 Å². The number of benzene rings is 2. The Bertz CT molecular complexity index is 1290. The number of carbonyl (C=O) groups is 2. The number of nitrogens with zero attached hydrogens (tertiary/aromatic N) is 1. The number of rotatable bonds is 5. The van der Waals surface area contributed by atoms with Gasteiger partial charge in [-0.25, -0.2) is 4.79 Å². The molecule has 3 aliphatic rings. The Morgan fingerprint density at radius 2 is 1.81 bits per heavy atom. The number of dihydropyridines is 1. The van der Waals surface area contributed by atoms with Gasteiger partial charge in [-0.15, -0.1) is 0 Å². The lowest BCUT2D eigenvalue weighted by Crippen LogP contribution is -2.36. The van der Waals surface area contributed by atoms with Crippen LogP contribution in [0.4, 0.5) is 5.69 Å². The van der Waals surface area contributed by atoms with Crippen LogP contribution in [0.3, 0.4) is 0 Å². The average Bonchev–Trinajstić information content (AvgIpc) is 3.36. The number of hydrogen-bond acceptors (Lipinski definition) is 6. The maximum Gasteiger partial charge on any atom is 0.337 e. The van der Waals surface area contributed by atoms with Crippen molar-refractivity contribution in [2.75, 3.05) is 0 Å². The minimum atomic E-state index is -0.728. The van der Waals surface area contributed by atoms with E-state index in [2.05, 4.69) is 5.32 Å². The zero-order chi connectivity index (χ0) is 25.4. The van der Waals surface area contributed by atoms with E-state index >= 15 is 0 Å². The van der Waals surface area contributed by atoms with Gasteiger partial charge in [-0.3, -0.25) is 14.9 Å². The minimum absolute atomic E-state index is 0.0356. The number of non-ortho nitro benzene ring substituents is 1. The van der Waals surface area contributed by atoms with E-state index in [1.165, 1.54) is 12.1 Å². The second-order valence-electron chi connectivity index (χ2n) is 9.73. The number of nitro groups is 1. The number of allylic oxidation sites excluding steroid dienone is 3. The third kappa shape index (κ3) is 4.67. The van der Waals surface area contributed by atoms with Crippen LogP contribution in [-0.2, 0) is 14.3 Å². The summed E-state index contributed by atoms with van der Waals surface area (Å²) in [5, 5.41) is 15.5. The van der Waals surface area contributed by atoms with E-state index in [0.717, 1.165) is 36.9 Å². The Morgan fingerprint density at radius 3 is 2.50 bits per heavy atom. The standard InChI is InChI=1S/C28H27ClN2O5/c1-16-25(28(33)36-22-7-2-3-8-22)26(18-5-4-6-21(13-18)31(34)35)27-23(30-16)14-19(15-24(27)32)17-9-11-20(29)12-10-17/h4-6,9-13,19,22,26,30H,2-3,7-8,14-15H2,1H3/t19-,26+/m0/s1. The molecule has 1 heterocycles. The summed E-state index contributed by atoms with van der Waals surface area (Å²) >= 11 is 6.05. The molecule has 1 saturated carbocycles. The molecule has 1 N–H and O–H groups in total. The van der Waals surface area contributed by atoms with Gasteiger partial charge in [-0.05, 0) is 68.2 Å². The lowest BCUT2D eigenvalue weighted by Gasteiger charge is -2.37. The highest BCUT2D eigenvalue weighted by atomic mass is 35.5. The van der Waals surface area contributed by atoms with Crippen molar-refractivity contribution in [3.8, 4) is 0 Å². The third-order valence-electron chi connectivity index (χ3n) is 7.38. The molecule has 36 heavy (non-hydrogen) atoms. The van der Waals surface area contributed by atoms with E-state index in [-0.39, 0.29) is 29.9 Å². The molecular weight excluding hydrogens is 480 g/mol. The molecule has 186 valence electrons. The van der Waals surface area contributed by atoms with Crippen LogP contribution in [0.5, 0.6) is 0 Å². The van der Waals surface area contributed by atoms with Gasteiger partial charge in [0.1, 0.15) is 6.10 Å². The highest BCUT2D eigenvalue weighted by molar-refractivity contribution is 6.30. The molecule has 2 aliphatic carbocycles. The number of ether oxygens (including phenoxy) is 1. The summed E-state index contributed by atoms with van der Waals surface area (Å²) in [5.74, 6) is -1.32. The van der Waals surface area contributed by atoms with Crippen LogP contribution < -0.4 is 5.32 Å². The summed E-state index contributed by atoms with van der Waals surface area (Å²) < 4.78 is 5.85. The molecule has 1 fully saturated rings. The van der Waals surface area contributed by atoms with Crippen molar-refractivity contribution < 1.29 is 19.2 Å². The number of nitro benzene ring substituents is 1. The summed E-state index contributed by atoms with van der Waals surface area (Å²) in [7, 11) is 0. The maximum absolute atomic E-state index is 13.7. The monoisotopic (exact) mass is 506 g/mol. The normalized spacial score (nSPS) is 22.3. The molecule has 0 unspecified atom stereocenters.